The van der Waals surface area contributed by atoms with Gasteiger partial charge in [0.1, 0.15) is 5.75 Å². The number of benzene rings is 2. The summed E-state index contributed by atoms with van der Waals surface area (Å²) in [4.78, 5) is 0. The van der Waals surface area contributed by atoms with E-state index < -0.39 is 0 Å². The summed E-state index contributed by atoms with van der Waals surface area (Å²) in [6.07, 6.45) is 2.80. The van der Waals surface area contributed by atoms with E-state index in [0.29, 0.717) is 12.0 Å². The molecular weight excluding hydrogens is 274 g/mol. The zero-order chi connectivity index (χ0) is 15.2. The number of nitrogens with one attached hydrogen (secondary N) is 1. The van der Waals surface area contributed by atoms with E-state index in [0.717, 1.165) is 32.1 Å². The van der Waals surface area contributed by atoms with Crippen LogP contribution in [0.2, 0.25) is 0 Å². The molecule has 0 radical (unpaired) electrons. The van der Waals surface area contributed by atoms with Crippen LogP contribution in [0.1, 0.15) is 19.8 Å². The first-order valence-electron chi connectivity index (χ1n) is 8.26. The number of ether oxygens (including phenoxy) is 2. The van der Waals surface area contributed by atoms with Crippen molar-refractivity contribution in [1.82, 2.24) is 5.32 Å². The lowest BCUT2D eigenvalue weighted by Crippen LogP contribution is -2.31. The van der Waals surface area contributed by atoms with E-state index in [1.165, 1.54) is 23.6 Å². The highest BCUT2D eigenvalue weighted by Gasteiger charge is 2.15. The molecule has 1 heterocycles. The van der Waals surface area contributed by atoms with Crippen LogP contribution in [0.4, 0.5) is 0 Å². The van der Waals surface area contributed by atoms with E-state index in [1.54, 1.807) is 0 Å². The summed E-state index contributed by atoms with van der Waals surface area (Å²) < 4.78 is 11.7. The van der Waals surface area contributed by atoms with Crippen molar-refractivity contribution >= 4 is 10.8 Å². The first-order valence-corrected chi connectivity index (χ1v) is 8.26. The van der Waals surface area contributed by atoms with E-state index in [9.17, 15) is 0 Å². The fourth-order valence-electron chi connectivity index (χ4n) is 2.91. The van der Waals surface area contributed by atoms with Crippen LogP contribution in [-0.2, 0) is 4.74 Å². The van der Waals surface area contributed by atoms with Gasteiger partial charge in [0.25, 0.3) is 0 Å². The van der Waals surface area contributed by atoms with Gasteiger partial charge in [-0.1, -0.05) is 43.3 Å². The number of hydrogen-bond donors (Lipinski definition) is 1. The molecule has 1 aliphatic heterocycles. The second kappa shape index (κ2) is 7.61. The molecule has 1 N–H and O–H groups in total. The maximum absolute atomic E-state index is 6.03. The molecule has 0 aromatic heterocycles. The minimum absolute atomic E-state index is 0.409. The Bertz CT molecular complexity index is 588. The summed E-state index contributed by atoms with van der Waals surface area (Å²) in [6, 6.07) is 14.6. The van der Waals surface area contributed by atoms with Crippen LogP contribution in [0.3, 0.4) is 0 Å². The molecule has 0 aliphatic carbocycles. The molecule has 22 heavy (non-hydrogen) atoms. The Morgan fingerprint density at radius 1 is 1.23 bits per heavy atom. The minimum atomic E-state index is 0.409. The highest BCUT2D eigenvalue weighted by molar-refractivity contribution is 5.88. The molecule has 2 aromatic rings. The third kappa shape index (κ3) is 3.99. The van der Waals surface area contributed by atoms with Crippen molar-refractivity contribution < 1.29 is 9.47 Å². The van der Waals surface area contributed by atoms with Gasteiger partial charge >= 0.3 is 0 Å². The minimum Gasteiger partial charge on any atom is -0.493 e. The summed E-state index contributed by atoms with van der Waals surface area (Å²) in [5.74, 6) is 1.45. The van der Waals surface area contributed by atoms with Gasteiger partial charge in [-0.05, 0) is 24.3 Å². The third-order valence-electron chi connectivity index (χ3n) is 4.16. The van der Waals surface area contributed by atoms with Crippen molar-refractivity contribution in [2.45, 2.75) is 25.9 Å². The third-order valence-corrected chi connectivity index (χ3v) is 4.16. The van der Waals surface area contributed by atoms with Gasteiger partial charge in [0, 0.05) is 31.0 Å². The van der Waals surface area contributed by atoms with Crippen LogP contribution in [0, 0.1) is 5.92 Å². The highest BCUT2D eigenvalue weighted by atomic mass is 16.5. The molecule has 2 aromatic carbocycles. The van der Waals surface area contributed by atoms with Crippen LogP contribution in [0.25, 0.3) is 10.8 Å². The van der Waals surface area contributed by atoms with Gasteiger partial charge in [0.2, 0.25) is 0 Å². The predicted molar refractivity (Wildman–Crippen MR) is 90.5 cm³/mol. The quantitative estimate of drug-likeness (QED) is 0.847. The van der Waals surface area contributed by atoms with Crippen LogP contribution < -0.4 is 10.1 Å². The van der Waals surface area contributed by atoms with Crippen molar-refractivity contribution in [3.05, 3.63) is 42.5 Å². The smallest absolute Gasteiger partial charge is 0.127 e. The molecular formula is C19H25NO2. The molecule has 3 rings (SSSR count). The van der Waals surface area contributed by atoms with Gasteiger partial charge in [-0.3, -0.25) is 0 Å². The Hall–Kier alpha value is -1.58. The molecule has 0 unspecified atom stereocenters. The second-order valence-electron chi connectivity index (χ2n) is 6.19. The first kappa shape index (κ1) is 15.3. The molecule has 0 spiro atoms. The number of rotatable bonds is 7. The molecule has 0 amide bonds. The van der Waals surface area contributed by atoms with Crippen molar-refractivity contribution in [3.63, 3.8) is 0 Å². The Kier molecular flexibility index (Phi) is 5.30. The topological polar surface area (TPSA) is 30.5 Å². The summed E-state index contributed by atoms with van der Waals surface area (Å²) >= 11 is 0. The number of fused-ring (bicyclic) bond motifs is 1. The average molecular weight is 299 g/mol. The molecule has 118 valence electrons. The van der Waals surface area contributed by atoms with Crippen molar-refractivity contribution in [1.29, 1.82) is 0 Å². The molecule has 0 bridgehead atoms. The van der Waals surface area contributed by atoms with Crippen LogP contribution in [0.15, 0.2) is 42.5 Å². The van der Waals surface area contributed by atoms with Crippen LogP contribution in [0.5, 0.6) is 5.75 Å². The van der Waals surface area contributed by atoms with E-state index in [2.05, 4.69) is 54.7 Å². The predicted octanol–water partition coefficient (Wildman–Crippen LogP) is 3.62. The maximum atomic E-state index is 6.03. The summed E-state index contributed by atoms with van der Waals surface area (Å²) in [6.45, 7) is 5.79. The summed E-state index contributed by atoms with van der Waals surface area (Å²) in [5.41, 5.74) is 0. The zero-order valence-electron chi connectivity index (χ0n) is 13.3. The van der Waals surface area contributed by atoms with Gasteiger partial charge in [-0.15, -0.1) is 0 Å². The molecule has 1 aliphatic rings. The average Bonchev–Trinajstić information content (AvgIpc) is 3.06. The Morgan fingerprint density at radius 3 is 2.95 bits per heavy atom. The lowest BCUT2D eigenvalue weighted by atomic mass is 10.1. The Labute approximate surface area is 132 Å². The molecule has 1 saturated heterocycles. The highest BCUT2D eigenvalue weighted by Crippen LogP contribution is 2.25. The second-order valence-corrected chi connectivity index (χ2v) is 6.19. The van der Waals surface area contributed by atoms with Crippen LogP contribution in [-0.4, -0.2) is 32.4 Å². The molecule has 1 fully saturated rings. The lowest BCUT2D eigenvalue weighted by molar-refractivity contribution is 0.108. The molecule has 3 nitrogen and oxygen atoms in total. The van der Waals surface area contributed by atoms with E-state index >= 15 is 0 Å². The Morgan fingerprint density at radius 2 is 2.09 bits per heavy atom. The zero-order valence-corrected chi connectivity index (χ0v) is 13.3. The lowest BCUT2D eigenvalue weighted by Gasteiger charge is -2.16. The van der Waals surface area contributed by atoms with E-state index in [4.69, 9.17) is 9.47 Å². The first-order chi connectivity index (χ1) is 10.8. The largest absolute Gasteiger partial charge is 0.493 e. The maximum Gasteiger partial charge on any atom is 0.127 e. The standard InChI is InChI=1S/C19H25NO2/c1-15(12-20-13-17-8-5-11-21-17)14-22-19-10-4-7-16-6-2-3-9-18(16)19/h2-4,6-7,9-10,15,17,20H,5,8,11-14H2,1H3/t15-,17+/m0/s1. The van der Waals surface area contributed by atoms with E-state index in [1.807, 2.05) is 0 Å². The fraction of sp³-hybridized carbons (Fsp3) is 0.474. The van der Waals surface area contributed by atoms with Gasteiger partial charge in [-0.25, -0.2) is 0 Å². The van der Waals surface area contributed by atoms with Gasteiger partial charge in [-0.2, -0.15) is 0 Å². The van der Waals surface area contributed by atoms with Crippen molar-refractivity contribution in [2.75, 3.05) is 26.3 Å². The van der Waals surface area contributed by atoms with E-state index in [-0.39, 0.29) is 0 Å². The number of hydrogen-bond acceptors (Lipinski definition) is 3. The SMILES string of the molecule is C[C@@H](CNC[C@H]1CCCO1)COc1cccc2ccccc12. The summed E-state index contributed by atoms with van der Waals surface area (Å²) in [7, 11) is 0. The molecule has 0 saturated carbocycles. The normalized spacial score (nSPS) is 19.4. The van der Waals surface area contributed by atoms with Gasteiger partial charge in [0.15, 0.2) is 0 Å². The summed E-state index contributed by atoms with van der Waals surface area (Å²) in [5, 5.41) is 5.91. The van der Waals surface area contributed by atoms with Crippen LogP contribution >= 0.6 is 0 Å². The molecule has 2 atom stereocenters. The van der Waals surface area contributed by atoms with Crippen molar-refractivity contribution in [2.24, 2.45) is 5.92 Å². The fourth-order valence-corrected chi connectivity index (χ4v) is 2.91. The van der Waals surface area contributed by atoms with Crippen molar-refractivity contribution in [3.8, 4) is 5.75 Å². The monoisotopic (exact) mass is 299 g/mol. The van der Waals surface area contributed by atoms with Gasteiger partial charge in [0.05, 0.1) is 12.7 Å². The Balaban J connectivity index is 1.46. The molecule has 3 heteroatoms. The van der Waals surface area contributed by atoms with Gasteiger partial charge < -0.3 is 14.8 Å².